The summed E-state index contributed by atoms with van der Waals surface area (Å²) in [5.41, 5.74) is 0.240. The van der Waals surface area contributed by atoms with Crippen LogP contribution in [0.4, 0.5) is 10.1 Å². The van der Waals surface area contributed by atoms with Crippen molar-refractivity contribution in [3.8, 4) is 0 Å². The van der Waals surface area contributed by atoms with E-state index in [-0.39, 0.29) is 21.8 Å². The quantitative estimate of drug-likeness (QED) is 0.337. The number of carbonyl (C=O) groups is 2. The first-order chi connectivity index (χ1) is 11.8. The van der Waals surface area contributed by atoms with Crippen molar-refractivity contribution < 1.29 is 23.6 Å². The number of benzene rings is 2. The minimum atomic E-state index is -0.832. The molecule has 0 radical (unpaired) electrons. The number of ether oxygens (including phenoxy) is 1. The van der Waals surface area contributed by atoms with Crippen LogP contribution >= 0.6 is 11.6 Å². The molecule has 2 rings (SSSR count). The van der Waals surface area contributed by atoms with Gasteiger partial charge in [0.05, 0.1) is 11.3 Å². The van der Waals surface area contributed by atoms with E-state index >= 15 is 0 Å². The first kappa shape index (κ1) is 18.5. The van der Waals surface area contributed by atoms with E-state index in [2.05, 4.69) is 0 Å². The molecule has 0 aliphatic rings. The lowest BCUT2D eigenvalue weighted by Gasteiger charge is -2.07. The number of ketones is 1. The summed E-state index contributed by atoms with van der Waals surface area (Å²) in [6.07, 6.45) is -0.424. The van der Waals surface area contributed by atoms with Crippen LogP contribution in [-0.2, 0) is 16.0 Å². The van der Waals surface area contributed by atoms with E-state index in [1.165, 1.54) is 24.3 Å². The molecular formula is C17H13ClFNO5. The van der Waals surface area contributed by atoms with E-state index in [1.807, 2.05) is 0 Å². The van der Waals surface area contributed by atoms with Gasteiger partial charge in [-0.2, -0.15) is 0 Å². The fourth-order valence-electron chi connectivity index (χ4n) is 2.11. The molecule has 0 atom stereocenters. The molecule has 8 heteroatoms. The second-order valence-electron chi connectivity index (χ2n) is 5.22. The standard InChI is InChI=1S/C17H13ClFNO5/c1-10-5-6-11(7-15(10)20(23)24)16(21)9-25-17(22)8-12-13(18)3-2-4-14(12)19/h2-7H,8-9H2,1H3. The van der Waals surface area contributed by atoms with Gasteiger partial charge in [-0.15, -0.1) is 0 Å². The molecule has 0 N–H and O–H groups in total. The third-order valence-corrected chi connectivity index (χ3v) is 3.83. The molecule has 0 amide bonds. The molecule has 6 nitrogen and oxygen atoms in total. The Kier molecular flexibility index (Phi) is 5.82. The molecule has 0 unspecified atom stereocenters. The maximum atomic E-state index is 13.6. The molecule has 0 bridgehead atoms. The summed E-state index contributed by atoms with van der Waals surface area (Å²) in [5.74, 6) is -2.08. The minimum absolute atomic E-state index is 0.0208. The number of Topliss-reactive ketones (excluding diaryl/α,β-unsaturated/α-hetero) is 1. The van der Waals surface area contributed by atoms with Crippen molar-refractivity contribution in [2.75, 3.05) is 6.61 Å². The number of hydrogen-bond donors (Lipinski definition) is 0. The molecule has 0 fully saturated rings. The van der Waals surface area contributed by atoms with Gasteiger partial charge < -0.3 is 4.74 Å². The van der Waals surface area contributed by atoms with Gasteiger partial charge in [-0.05, 0) is 19.1 Å². The molecule has 130 valence electrons. The van der Waals surface area contributed by atoms with E-state index in [0.29, 0.717) is 5.56 Å². The summed E-state index contributed by atoms with van der Waals surface area (Å²) in [4.78, 5) is 34.1. The Labute approximate surface area is 147 Å². The first-order valence-corrected chi connectivity index (χ1v) is 7.54. The molecule has 0 spiro atoms. The normalized spacial score (nSPS) is 10.4. The van der Waals surface area contributed by atoms with Crippen LogP contribution in [0.15, 0.2) is 36.4 Å². The van der Waals surface area contributed by atoms with Gasteiger partial charge in [0.1, 0.15) is 5.82 Å². The first-order valence-electron chi connectivity index (χ1n) is 7.16. The number of nitro benzene ring substituents is 1. The van der Waals surface area contributed by atoms with E-state index in [1.54, 1.807) is 6.92 Å². The van der Waals surface area contributed by atoms with E-state index < -0.39 is 35.5 Å². The van der Waals surface area contributed by atoms with Crippen LogP contribution < -0.4 is 0 Å². The Balaban J connectivity index is 2.01. The molecule has 0 aliphatic heterocycles. The van der Waals surface area contributed by atoms with Crippen LogP contribution in [0.5, 0.6) is 0 Å². The molecular weight excluding hydrogens is 353 g/mol. The van der Waals surface area contributed by atoms with Crippen LogP contribution in [0.25, 0.3) is 0 Å². The smallest absolute Gasteiger partial charge is 0.310 e. The Morgan fingerprint density at radius 2 is 2.00 bits per heavy atom. The van der Waals surface area contributed by atoms with Crippen molar-refractivity contribution in [3.63, 3.8) is 0 Å². The topological polar surface area (TPSA) is 86.5 Å². The summed E-state index contributed by atoms with van der Waals surface area (Å²) in [7, 11) is 0. The van der Waals surface area contributed by atoms with Crippen LogP contribution in [0.1, 0.15) is 21.5 Å². The number of halogens is 2. The average molecular weight is 366 g/mol. The molecule has 2 aromatic carbocycles. The Morgan fingerprint density at radius 1 is 1.28 bits per heavy atom. The highest BCUT2D eigenvalue weighted by atomic mass is 35.5. The lowest BCUT2D eigenvalue weighted by atomic mass is 10.1. The summed E-state index contributed by atoms with van der Waals surface area (Å²) >= 11 is 5.82. The summed E-state index contributed by atoms with van der Waals surface area (Å²) < 4.78 is 18.4. The van der Waals surface area contributed by atoms with Gasteiger partial charge in [0, 0.05) is 27.8 Å². The average Bonchev–Trinajstić information content (AvgIpc) is 2.56. The van der Waals surface area contributed by atoms with Crippen molar-refractivity contribution in [1.29, 1.82) is 0 Å². The predicted octanol–water partition coefficient (Wildman–Crippen LogP) is 3.66. The molecule has 0 saturated carbocycles. The van der Waals surface area contributed by atoms with Crippen LogP contribution in [0, 0.1) is 22.9 Å². The second kappa shape index (κ2) is 7.85. The van der Waals surface area contributed by atoms with Gasteiger partial charge in [0.15, 0.2) is 6.61 Å². The lowest BCUT2D eigenvalue weighted by molar-refractivity contribution is -0.385. The number of nitro groups is 1. The summed E-state index contributed by atoms with van der Waals surface area (Å²) in [5, 5.41) is 11.0. The molecule has 2 aromatic rings. The SMILES string of the molecule is Cc1ccc(C(=O)COC(=O)Cc2c(F)cccc2Cl)cc1[N+](=O)[O-]. The molecule has 0 heterocycles. The van der Waals surface area contributed by atoms with Gasteiger partial charge in [0.25, 0.3) is 5.69 Å². The lowest BCUT2D eigenvalue weighted by Crippen LogP contribution is -2.16. The van der Waals surface area contributed by atoms with Crippen molar-refractivity contribution in [1.82, 2.24) is 0 Å². The molecule has 0 aliphatic carbocycles. The maximum Gasteiger partial charge on any atom is 0.310 e. The zero-order valence-electron chi connectivity index (χ0n) is 13.1. The largest absolute Gasteiger partial charge is 0.457 e. The van der Waals surface area contributed by atoms with Crippen LogP contribution in [-0.4, -0.2) is 23.3 Å². The zero-order chi connectivity index (χ0) is 18.6. The van der Waals surface area contributed by atoms with Gasteiger partial charge in [-0.3, -0.25) is 19.7 Å². The fraction of sp³-hybridized carbons (Fsp3) is 0.176. The minimum Gasteiger partial charge on any atom is -0.457 e. The highest BCUT2D eigenvalue weighted by Gasteiger charge is 2.18. The highest BCUT2D eigenvalue weighted by Crippen LogP contribution is 2.21. The van der Waals surface area contributed by atoms with E-state index in [4.69, 9.17) is 16.3 Å². The van der Waals surface area contributed by atoms with Gasteiger partial charge >= 0.3 is 5.97 Å². The Bertz CT molecular complexity index is 833. The third kappa shape index (κ3) is 4.60. The molecule has 25 heavy (non-hydrogen) atoms. The molecule has 0 aromatic heterocycles. The summed E-state index contributed by atoms with van der Waals surface area (Å²) in [6.45, 7) is 0.940. The van der Waals surface area contributed by atoms with E-state index in [0.717, 1.165) is 12.1 Å². The number of carbonyl (C=O) groups excluding carboxylic acids is 2. The van der Waals surface area contributed by atoms with Crippen molar-refractivity contribution in [2.45, 2.75) is 13.3 Å². The number of nitrogens with zero attached hydrogens (tertiary/aromatic N) is 1. The van der Waals surface area contributed by atoms with Gasteiger partial charge in [-0.25, -0.2) is 4.39 Å². The number of aryl methyl sites for hydroxylation is 1. The third-order valence-electron chi connectivity index (χ3n) is 3.47. The maximum absolute atomic E-state index is 13.6. The van der Waals surface area contributed by atoms with Crippen molar-refractivity contribution in [3.05, 3.63) is 74.0 Å². The van der Waals surface area contributed by atoms with E-state index in [9.17, 15) is 24.1 Å². The fourth-order valence-corrected chi connectivity index (χ4v) is 2.34. The second-order valence-corrected chi connectivity index (χ2v) is 5.63. The Morgan fingerprint density at radius 3 is 2.64 bits per heavy atom. The van der Waals surface area contributed by atoms with Crippen LogP contribution in [0.2, 0.25) is 5.02 Å². The monoisotopic (exact) mass is 365 g/mol. The highest BCUT2D eigenvalue weighted by molar-refractivity contribution is 6.31. The zero-order valence-corrected chi connectivity index (χ0v) is 13.9. The van der Waals surface area contributed by atoms with Gasteiger partial charge in [0.2, 0.25) is 5.78 Å². The molecule has 0 saturated heterocycles. The number of rotatable bonds is 6. The van der Waals surface area contributed by atoms with Crippen molar-refractivity contribution in [2.24, 2.45) is 0 Å². The van der Waals surface area contributed by atoms with Crippen LogP contribution in [0.3, 0.4) is 0 Å². The number of hydrogen-bond acceptors (Lipinski definition) is 5. The van der Waals surface area contributed by atoms with Crippen molar-refractivity contribution >= 4 is 29.0 Å². The Hall–Kier alpha value is -2.80. The number of esters is 1. The summed E-state index contributed by atoms with van der Waals surface area (Å²) in [6, 6.07) is 7.97. The van der Waals surface area contributed by atoms with Gasteiger partial charge in [-0.1, -0.05) is 29.8 Å². The predicted molar refractivity (Wildman–Crippen MR) is 88.2 cm³/mol.